The maximum Gasteiger partial charge on any atom is 0.179 e. The van der Waals surface area contributed by atoms with Gasteiger partial charge in [-0.1, -0.05) is 6.92 Å². The number of nitrogens with one attached hydrogen (secondary N) is 2. The molecule has 0 bridgehead atoms. The summed E-state index contributed by atoms with van der Waals surface area (Å²) in [4.78, 5) is 12.7. The largest absolute Gasteiger partial charge is 0.373 e. The smallest absolute Gasteiger partial charge is 0.179 e. The number of H-pyrrole nitrogens is 1. The molecule has 0 amide bonds. The molecule has 0 aliphatic heterocycles. The average molecular weight is 273 g/mol. The first-order valence-electron chi connectivity index (χ1n) is 7.42. The summed E-state index contributed by atoms with van der Waals surface area (Å²) < 4.78 is 0. The van der Waals surface area contributed by atoms with Crippen molar-refractivity contribution >= 4 is 17.0 Å². The van der Waals surface area contributed by atoms with Crippen LogP contribution in [-0.4, -0.2) is 28.5 Å². The Morgan fingerprint density at radius 1 is 1.35 bits per heavy atom. The van der Waals surface area contributed by atoms with Crippen molar-refractivity contribution in [3.8, 4) is 0 Å². The highest BCUT2D eigenvalue weighted by Crippen LogP contribution is 2.40. The zero-order valence-corrected chi connectivity index (χ0v) is 12.2. The van der Waals surface area contributed by atoms with Crippen molar-refractivity contribution in [2.45, 2.75) is 38.0 Å². The molecular formula is C15H23N5. The lowest BCUT2D eigenvalue weighted by Gasteiger charge is -2.36. The van der Waals surface area contributed by atoms with Crippen molar-refractivity contribution in [1.82, 2.24) is 15.0 Å². The van der Waals surface area contributed by atoms with Gasteiger partial charge in [0.25, 0.3) is 0 Å². The van der Waals surface area contributed by atoms with Crippen molar-refractivity contribution in [2.75, 3.05) is 18.9 Å². The number of rotatable bonds is 3. The Morgan fingerprint density at radius 2 is 2.10 bits per heavy atom. The first-order valence-corrected chi connectivity index (χ1v) is 7.42. The topological polar surface area (TPSA) is 79.6 Å². The van der Waals surface area contributed by atoms with E-state index in [1.807, 2.05) is 19.2 Å². The SMILES string of the molecule is CNc1ccc2[nH]c(C3(CN)CCC(C)CC3)nc2n1. The summed E-state index contributed by atoms with van der Waals surface area (Å²) in [6.45, 7) is 2.97. The average Bonchev–Trinajstić information content (AvgIpc) is 2.91. The summed E-state index contributed by atoms with van der Waals surface area (Å²) in [6.07, 6.45) is 4.68. The third-order valence-electron chi connectivity index (χ3n) is 4.73. The quantitative estimate of drug-likeness (QED) is 0.802. The Hall–Kier alpha value is -1.62. The van der Waals surface area contributed by atoms with Gasteiger partial charge in [-0.15, -0.1) is 0 Å². The van der Waals surface area contributed by atoms with Gasteiger partial charge >= 0.3 is 0 Å². The van der Waals surface area contributed by atoms with Crippen molar-refractivity contribution in [2.24, 2.45) is 11.7 Å². The van der Waals surface area contributed by atoms with E-state index in [0.717, 1.165) is 41.6 Å². The van der Waals surface area contributed by atoms with Gasteiger partial charge in [0.1, 0.15) is 11.6 Å². The number of hydrogen-bond donors (Lipinski definition) is 3. The Morgan fingerprint density at radius 3 is 2.75 bits per heavy atom. The summed E-state index contributed by atoms with van der Waals surface area (Å²) >= 11 is 0. The van der Waals surface area contributed by atoms with Gasteiger partial charge in [-0.25, -0.2) is 9.97 Å². The molecule has 108 valence electrons. The van der Waals surface area contributed by atoms with Crippen molar-refractivity contribution in [1.29, 1.82) is 0 Å². The van der Waals surface area contributed by atoms with Crippen molar-refractivity contribution < 1.29 is 0 Å². The highest BCUT2D eigenvalue weighted by Gasteiger charge is 2.37. The molecule has 0 spiro atoms. The molecule has 5 nitrogen and oxygen atoms in total. The van der Waals surface area contributed by atoms with Crippen LogP contribution in [0.5, 0.6) is 0 Å². The summed E-state index contributed by atoms with van der Waals surface area (Å²) in [5, 5.41) is 3.05. The van der Waals surface area contributed by atoms with E-state index in [0.29, 0.717) is 6.54 Å². The molecule has 1 aliphatic carbocycles. The molecule has 1 aliphatic rings. The molecule has 5 heteroatoms. The van der Waals surface area contributed by atoms with Gasteiger partial charge in [0.05, 0.1) is 5.52 Å². The van der Waals surface area contributed by atoms with E-state index in [9.17, 15) is 0 Å². The van der Waals surface area contributed by atoms with Gasteiger partial charge in [0.2, 0.25) is 0 Å². The van der Waals surface area contributed by atoms with Gasteiger partial charge in [0, 0.05) is 19.0 Å². The normalized spacial score (nSPS) is 26.9. The molecule has 2 aromatic rings. The number of nitrogens with zero attached hydrogens (tertiary/aromatic N) is 2. The number of fused-ring (bicyclic) bond motifs is 1. The second kappa shape index (κ2) is 5.05. The van der Waals surface area contributed by atoms with E-state index in [4.69, 9.17) is 10.7 Å². The molecular weight excluding hydrogens is 250 g/mol. The minimum atomic E-state index is 0.00696. The first kappa shape index (κ1) is 13.4. The maximum absolute atomic E-state index is 6.10. The van der Waals surface area contributed by atoms with E-state index in [1.54, 1.807) is 0 Å². The van der Waals surface area contributed by atoms with Crippen LogP contribution in [0.15, 0.2) is 12.1 Å². The van der Waals surface area contributed by atoms with Crippen LogP contribution in [0, 0.1) is 5.92 Å². The highest BCUT2D eigenvalue weighted by atomic mass is 15.1. The minimum Gasteiger partial charge on any atom is -0.373 e. The number of aromatic amines is 1. The monoisotopic (exact) mass is 273 g/mol. The lowest BCUT2D eigenvalue weighted by molar-refractivity contribution is 0.238. The van der Waals surface area contributed by atoms with Crippen molar-refractivity contribution in [3.05, 3.63) is 18.0 Å². The van der Waals surface area contributed by atoms with Crippen LogP contribution in [0.25, 0.3) is 11.2 Å². The lowest BCUT2D eigenvalue weighted by Crippen LogP contribution is -2.39. The fourth-order valence-electron chi connectivity index (χ4n) is 3.14. The fourth-order valence-corrected chi connectivity index (χ4v) is 3.14. The zero-order valence-electron chi connectivity index (χ0n) is 12.2. The number of hydrogen-bond acceptors (Lipinski definition) is 4. The third-order valence-corrected chi connectivity index (χ3v) is 4.73. The molecule has 4 N–H and O–H groups in total. The number of aromatic nitrogens is 3. The Balaban J connectivity index is 1.99. The van der Waals surface area contributed by atoms with E-state index in [1.165, 1.54) is 12.8 Å². The second-order valence-corrected chi connectivity index (χ2v) is 6.07. The second-order valence-electron chi connectivity index (χ2n) is 6.07. The number of imidazole rings is 1. The molecule has 1 fully saturated rings. The first-order chi connectivity index (χ1) is 9.66. The molecule has 0 atom stereocenters. The summed E-state index contributed by atoms with van der Waals surface area (Å²) in [5.41, 5.74) is 7.88. The molecule has 3 rings (SSSR count). The van der Waals surface area contributed by atoms with Crippen LogP contribution in [0.1, 0.15) is 38.4 Å². The van der Waals surface area contributed by atoms with Gasteiger partial charge in [-0.2, -0.15) is 0 Å². The zero-order chi connectivity index (χ0) is 14.2. The van der Waals surface area contributed by atoms with Crippen LogP contribution >= 0.6 is 0 Å². The van der Waals surface area contributed by atoms with Gasteiger partial charge in [-0.3, -0.25) is 0 Å². The van der Waals surface area contributed by atoms with Gasteiger partial charge in [-0.05, 0) is 43.7 Å². The van der Waals surface area contributed by atoms with E-state index in [2.05, 4.69) is 22.2 Å². The Kier molecular flexibility index (Phi) is 3.38. The van der Waals surface area contributed by atoms with E-state index >= 15 is 0 Å². The summed E-state index contributed by atoms with van der Waals surface area (Å²) in [6, 6.07) is 3.99. The highest BCUT2D eigenvalue weighted by molar-refractivity contribution is 5.73. The van der Waals surface area contributed by atoms with Crippen LogP contribution in [0.4, 0.5) is 5.82 Å². The molecule has 1 saturated carbocycles. The lowest BCUT2D eigenvalue weighted by atomic mass is 9.70. The molecule has 20 heavy (non-hydrogen) atoms. The minimum absolute atomic E-state index is 0.00696. The van der Waals surface area contributed by atoms with Crippen LogP contribution in [0.2, 0.25) is 0 Å². The Bertz CT molecular complexity index is 595. The van der Waals surface area contributed by atoms with Crippen LogP contribution < -0.4 is 11.1 Å². The predicted octanol–water partition coefficient (Wildman–Crippen LogP) is 2.41. The number of pyridine rings is 1. The molecule has 2 aromatic heterocycles. The molecule has 2 heterocycles. The predicted molar refractivity (Wildman–Crippen MR) is 81.8 cm³/mol. The van der Waals surface area contributed by atoms with E-state index in [-0.39, 0.29) is 5.41 Å². The Labute approximate surface area is 119 Å². The molecule has 0 unspecified atom stereocenters. The number of anilines is 1. The maximum atomic E-state index is 6.10. The van der Waals surface area contributed by atoms with Crippen LogP contribution in [-0.2, 0) is 5.41 Å². The van der Waals surface area contributed by atoms with E-state index < -0.39 is 0 Å². The standard InChI is InChI=1S/C15H23N5/c1-10-5-7-15(9-16,8-6-10)14-18-11-3-4-12(17-2)19-13(11)20-14/h3-4,10H,5-9,16H2,1-2H3,(H2,17,18,19,20). The molecule has 0 aromatic carbocycles. The molecule has 0 saturated heterocycles. The summed E-state index contributed by atoms with van der Waals surface area (Å²) in [5.74, 6) is 2.66. The number of nitrogens with two attached hydrogens (primary N) is 1. The molecule has 0 radical (unpaired) electrons. The summed E-state index contributed by atoms with van der Waals surface area (Å²) in [7, 11) is 1.87. The van der Waals surface area contributed by atoms with Gasteiger partial charge in [0.15, 0.2) is 5.65 Å². The van der Waals surface area contributed by atoms with Gasteiger partial charge < -0.3 is 16.0 Å². The van der Waals surface area contributed by atoms with Crippen LogP contribution in [0.3, 0.4) is 0 Å². The third kappa shape index (κ3) is 2.16. The van der Waals surface area contributed by atoms with Crippen molar-refractivity contribution in [3.63, 3.8) is 0 Å². The fraction of sp³-hybridized carbons (Fsp3) is 0.600.